The zero-order chi connectivity index (χ0) is 42.0. The third kappa shape index (κ3) is 11.2. The van der Waals surface area contributed by atoms with Crippen molar-refractivity contribution in [1.82, 2.24) is 0 Å². The molecular weight excluding hydrogens is 875 g/mol. The monoisotopic (exact) mass is 916 g/mol. The minimum atomic E-state index is -1.38. The molecule has 10 aromatic carbocycles. The highest BCUT2D eigenvalue weighted by Gasteiger charge is 2.10. The summed E-state index contributed by atoms with van der Waals surface area (Å²) in [5.41, 5.74) is 10.9. The molecule has 5 heteroatoms. The van der Waals surface area contributed by atoms with Crippen LogP contribution in [0.4, 0.5) is 0 Å². The molecule has 10 rings (SSSR count). The van der Waals surface area contributed by atoms with Crippen molar-refractivity contribution in [1.29, 1.82) is 0 Å². The summed E-state index contributed by atoms with van der Waals surface area (Å²) in [6.45, 7) is 0. The number of hydrogen-bond donors (Lipinski definition) is 2. The van der Waals surface area contributed by atoms with Gasteiger partial charge in [0.15, 0.2) is 0 Å². The fourth-order valence-electron chi connectivity index (χ4n) is 7.41. The van der Waals surface area contributed by atoms with Crippen LogP contribution in [-0.2, 0) is 12.8 Å². The number of rotatable bonds is 7. The third-order valence-electron chi connectivity index (χ3n) is 10.8. The standard InChI is InChI=1S/C33H24.C13H10Br2.C10H9BO2/c1-3-7-30-22-32(19-17-26(30)5-1)28-13-9-24(10-14-28)21-25-11-15-29(16-12-25)33-20-18-27-6-2-4-8-31(27)23-33;14-12-5-1-10(2-6-12)9-11-3-7-13(15)8-4-11;12-11(13)10-6-5-8-3-1-2-4-9(8)7-10/h1-20,22-23H,21H2;1-8H,9H2;1-7,12-13H. The Hall–Kier alpha value is -6.08. The average molecular weight is 919 g/mol. The smallest absolute Gasteiger partial charge is 0.423 e. The third-order valence-corrected chi connectivity index (χ3v) is 11.8. The molecule has 0 unspecified atom stereocenters. The summed E-state index contributed by atoms with van der Waals surface area (Å²) in [7, 11) is -1.38. The van der Waals surface area contributed by atoms with E-state index >= 15 is 0 Å². The molecule has 0 saturated heterocycles. The maximum atomic E-state index is 8.94. The van der Waals surface area contributed by atoms with Gasteiger partial charge in [-0.05, 0) is 132 Å². The van der Waals surface area contributed by atoms with Crippen LogP contribution in [0.15, 0.2) is 233 Å². The lowest BCUT2D eigenvalue weighted by atomic mass is 9.79. The Bertz CT molecular complexity index is 2840. The van der Waals surface area contributed by atoms with Gasteiger partial charge in [0.2, 0.25) is 0 Å². The van der Waals surface area contributed by atoms with Gasteiger partial charge in [-0.25, -0.2) is 0 Å². The SMILES string of the molecule is Brc1ccc(Cc2ccc(Br)cc2)cc1.OB(O)c1ccc2ccccc2c1.c1ccc2cc(-c3ccc(Cc4ccc(-c5ccc6ccccc6c5)cc4)cc3)ccc2c1. The van der Waals surface area contributed by atoms with E-state index in [-0.39, 0.29) is 0 Å². The maximum Gasteiger partial charge on any atom is 0.488 e. The lowest BCUT2D eigenvalue weighted by Crippen LogP contribution is -2.29. The first-order valence-corrected chi connectivity index (χ1v) is 21.9. The average Bonchev–Trinajstić information content (AvgIpc) is 3.31. The molecule has 0 spiro atoms. The number of hydrogen-bond acceptors (Lipinski definition) is 2. The summed E-state index contributed by atoms with van der Waals surface area (Å²) in [6, 6.07) is 78.5. The topological polar surface area (TPSA) is 40.5 Å². The van der Waals surface area contributed by atoms with E-state index < -0.39 is 7.12 Å². The van der Waals surface area contributed by atoms with Gasteiger partial charge in [0.25, 0.3) is 0 Å². The van der Waals surface area contributed by atoms with Gasteiger partial charge in [-0.1, -0.05) is 220 Å². The summed E-state index contributed by atoms with van der Waals surface area (Å²) in [6.07, 6.45) is 1.93. The minimum Gasteiger partial charge on any atom is -0.423 e. The Balaban J connectivity index is 0.000000151. The molecule has 10 aromatic rings. The molecule has 0 aromatic heterocycles. The second-order valence-corrected chi connectivity index (χ2v) is 16.9. The van der Waals surface area contributed by atoms with Crippen LogP contribution in [0.3, 0.4) is 0 Å². The predicted octanol–water partition coefficient (Wildman–Crippen LogP) is 14.2. The highest BCUT2D eigenvalue weighted by atomic mass is 79.9. The number of fused-ring (bicyclic) bond motifs is 3. The summed E-state index contributed by atoms with van der Waals surface area (Å²) >= 11 is 6.87. The lowest BCUT2D eigenvalue weighted by Gasteiger charge is -2.08. The minimum absolute atomic E-state index is 0.527. The van der Waals surface area contributed by atoms with Crippen LogP contribution < -0.4 is 5.46 Å². The molecule has 0 saturated carbocycles. The summed E-state index contributed by atoms with van der Waals surface area (Å²) in [5.74, 6) is 0. The van der Waals surface area contributed by atoms with Crippen molar-refractivity contribution >= 4 is 76.8 Å². The van der Waals surface area contributed by atoms with Crippen molar-refractivity contribution in [2.75, 3.05) is 0 Å². The van der Waals surface area contributed by atoms with Gasteiger partial charge in [0.05, 0.1) is 0 Å². The van der Waals surface area contributed by atoms with E-state index in [0.717, 1.165) is 32.6 Å². The first-order chi connectivity index (χ1) is 29.8. The summed E-state index contributed by atoms with van der Waals surface area (Å²) in [4.78, 5) is 0. The molecule has 61 heavy (non-hydrogen) atoms. The number of halogens is 2. The molecule has 0 aliphatic heterocycles. The highest BCUT2D eigenvalue weighted by molar-refractivity contribution is 9.10. The Labute approximate surface area is 375 Å². The van der Waals surface area contributed by atoms with Crippen LogP contribution in [0.25, 0.3) is 54.6 Å². The normalized spacial score (nSPS) is 10.8. The molecule has 2 N–H and O–H groups in total. The van der Waals surface area contributed by atoms with Gasteiger partial charge in [-0.2, -0.15) is 0 Å². The van der Waals surface area contributed by atoms with Gasteiger partial charge in [-0.15, -0.1) is 0 Å². The van der Waals surface area contributed by atoms with Gasteiger partial charge in [0.1, 0.15) is 0 Å². The van der Waals surface area contributed by atoms with E-state index in [4.69, 9.17) is 10.0 Å². The van der Waals surface area contributed by atoms with E-state index in [1.807, 2.05) is 30.3 Å². The molecule has 0 radical (unpaired) electrons. The fraction of sp³-hybridized carbons (Fsp3) is 0.0357. The predicted molar refractivity (Wildman–Crippen MR) is 266 cm³/mol. The molecule has 0 amide bonds. The molecule has 0 aliphatic rings. The number of benzene rings is 10. The zero-order valence-corrected chi connectivity index (χ0v) is 36.7. The van der Waals surface area contributed by atoms with E-state index in [9.17, 15) is 0 Å². The Kier molecular flexibility index (Phi) is 13.6. The Morgan fingerprint density at radius 3 is 0.951 bits per heavy atom. The van der Waals surface area contributed by atoms with Crippen LogP contribution in [0.1, 0.15) is 22.3 Å². The molecule has 296 valence electrons. The molecular formula is C56H43BBr2O2. The molecule has 0 heterocycles. The van der Waals surface area contributed by atoms with Crippen LogP contribution in [-0.4, -0.2) is 17.2 Å². The van der Waals surface area contributed by atoms with Crippen LogP contribution in [0.2, 0.25) is 0 Å². The van der Waals surface area contributed by atoms with Gasteiger partial charge < -0.3 is 10.0 Å². The van der Waals surface area contributed by atoms with Crippen molar-refractivity contribution in [3.8, 4) is 22.3 Å². The first kappa shape index (κ1) is 41.7. The van der Waals surface area contributed by atoms with E-state index in [2.05, 4.69) is 214 Å². The molecule has 0 bridgehead atoms. The van der Waals surface area contributed by atoms with E-state index in [1.54, 1.807) is 12.1 Å². The van der Waals surface area contributed by atoms with Gasteiger partial charge >= 0.3 is 7.12 Å². The lowest BCUT2D eigenvalue weighted by molar-refractivity contribution is 0.426. The van der Waals surface area contributed by atoms with Gasteiger partial charge in [-0.3, -0.25) is 0 Å². The molecule has 0 aliphatic carbocycles. The first-order valence-electron chi connectivity index (χ1n) is 20.3. The van der Waals surface area contributed by atoms with Crippen molar-refractivity contribution in [3.63, 3.8) is 0 Å². The van der Waals surface area contributed by atoms with Crippen molar-refractivity contribution < 1.29 is 10.0 Å². The van der Waals surface area contributed by atoms with Crippen LogP contribution in [0.5, 0.6) is 0 Å². The van der Waals surface area contributed by atoms with Crippen LogP contribution in [0, 0.1) is 0 Å². The fourth-order valence-corrected chi connectivity index (χ4v) is 7.94. The summed E-state index contributed by atoms with van der Waals surface area (Å²) in [5, 5.41) is 25.1. The molecule has 0 fully saturated rings. The Morgan fingerprint density at radius 1 is 0.295 bits per heavy atom. The largest absolute Gasteiger partial charge is 0.488 e. The van der Waals surface area contributed by atoms with Crippen molar-refractivity contribution in [2.24, 2.45) is 0 Å². The zero-order valence-electron chi connectivity index (χ0n) is 33.5. The van der Waals surface area contributed by atoms with Crippen LogP contribution >= 0.6 is 31.9 Å². The molecule has 2 nitrogen and oxygen atoms in total. The van der Waals surface area contributed by atoms with E-state index in [0.29, 0.717) is 5.46 Å². The maximum absolute atomic E-state index is 8.94. The second kappa shape index (κ2) is 20.0. The Morgan fingerprint density at radius 2 is 0.590 bits per heavy atom. The summed E-state index contributed by atoms with van der Waals surface area (Å²) < 4.78 is 2.25. The van der Waals surface area contributed by atoms with E-state index in [1.165, 1.54) is 66.1 Å². The quantitative estimate of drug-likeness (QED) is 0.156. The molecule has 0 atom stereocenters. The highest BCUT2D eigenvalue weighted by Crippen LogP contribution is 2.28. The second-order valence-electron chi connectivity index (χ2n) is 15.1. The van der Waals surface area contributed by atoms with Gasteiger partial charge in [0, 0.05) is 8.95 Å². The van der Waals surface area contributed by atoms with Crippen molar-refractivity contribution in [2.45, 2.75) is 12.8 Å². The van der Waals surface area contributed by atoms with Crippen molar-refractivity contribution in [3.05, 3.63) is 256 Å².